The number of benzene rings is 1. The maximum atomic E-state index is 12.8. The Morgan fingerprint density at radius 2 is 2.04 bits per heavy atom. The fourth-order valence-corrected chi connectivity index (χ4v) is 3.41. The third-order valence-corrected chi connectivity index (χ3v) is 4.79. The lowest BCUT2D eigenvalue weighted by Crippen LogP contribution is -2.39. The second-order valence-electron chi connectivity index (χ2n) is 6.60. The molecule has 3 rings (SSSR count). The average molecular weight is 326 g/mol. The highest BCUT2D eigenvalue weighted by molar-refractivity contribution is 5.94. The summed E-state index contributed by atoms with van der Waals surface area (Å²) in [5, 5.41) is 0. The number of carbonyl (C=O) groups excluding carboxylic acids is 1. The van der Waals surface area contributed by atoms with E-state index in [1.54, 1.807) is 0 Å². The summed E-state index contributed by atoms with van der Waals surface area (Å²) in [5.74, 6) is 1.57. The maximum Gasteiger partial charge on any atom is 0.253 e. The molecule has 0 spiro atoms. The summed E-state index contributed by atoms with van der Waals surface area (Å²) < 4.78 is 2.19. The van der Waals surface area contributed by atoms with Gasteiger partial charge in [-0.2, -0.15) is 0 Å². The number of aromatic nitrogens is 2. The van der Waals surface area contributed by atoms with E-state index in [1.807, 2.05) is 60.6 Å². The third-order valence-electron chi connectivity index (χ3n) is 4.79. The zero-order valence-corrected chi connectivity index (χ0v) is 14.8. The number of hydrogen-bond donors (Lipinski definition) is 0. The Morgan fingerprint density at radius 1 is 1.29 bits per heavy atom. The molecule has 1 aliphatic heterocycles. The summed E-state index contributed by atoms with van der Waals surface area (Å²) in [5.41, 5.74) is 1.87. The van der Waals surface area contributed by atoms with Gasteiger partial charge in [-0.05, 0) is 44.0 Å². The van der Waals surface area contributed by atoms with E-state index >= 15 is 0 Å². The Labute approximate surface area is 143 Å². The van der Waals surface area contributed by atoms with Gasteiger partial charge >= 0.3 is 0 Å². The largest absolute Gasteiger partial charge is 0.378 e. The van der Waals surface area contributed by atoms with Crippen molar-refractivity contribution >= 4 is 11.6 Å². The highest BCUT2D eigenvalue weighted by Crippen LogP contribution is 2.27. The SMILES string of the molecule is CCn1ccnc1[C@@H]1CCCN(C(=O)c2ccc(N(C)C)cc2)C1. The zero-order valence-electron chi connectivity index (χ0n) is 14.8. The monoisotopic (exact) mass is 326 g/mol. The first kappa shape index (κ1) is 16.6. The van der Waals surface area contributed by atoms with Crippen LogP contribution in [0.2, 0.25) is 0 Å². The number of amides is 1. The second-order valence-corrected chi connectivity index (χ2v) is 6.60. The maximum absolute atomic E-state index is 12.8. The van der Waals surface area contributed by atoms with Crippen LogP contribution >= 0.6 is 0 Å². The van der Waals surface area contributed by atoms with Crippen LogP contribution in [-0.2, 0) is 6.54 Å². The lowest BCUT2D eigenvalue weighted by atomic mass is 9.96. The average Bonchev–Trinajstić information content (AvgIpc) is 3.10. The van der Waals surface area contributed by atoms with E-state index in [4.69, 9.17) is 0 Å². The molecule has 0 aliphatic carbocycles. The summed E-state index contributed by atoms with van der Waals surface area (Å²) >= 11 is 0. The van der Waals surface area contributed by atoms with Gasteiger partial charge in [-0.1, -0.05) is 0 Å². The van der Waals surface area contributed by atoms with Gasteiger partial charge in [-0.15, -0.1) is 0 Å². The summed E-state index contributed by atoms with van der Waals surface area (Å²) in [7, 11) is 4.00. The second kappa shape index (κ2) is 7.07. The molecule has 0 N–H and O–H groups in total. The highest BCUT2D eigenvalue weighted by Gasteiger charge is 2.27. The number of piperidine rings is 1. The Balaban J connectivity index is 1.73. The molecule has 0 unspecified atom stereocenters. The van der Waals surface area contributed by atoms with E-state index in [9.17, 15) is 4.79 Å². The molecule has 5 heteroatoms. The van der Waals surface area contributed by atoms with Gasteiger partial charge in [0, 0.05) is 63.3 Å². The molecule has 1 aliphatic rings. The quantitative estimate of drug-likeness (QED) is 0.867. The molecule has 2 heterocycles. The number of aryl methyl sites for hydroxylation is 1. The molecule has 1 saturated heterocycles. The minimum atomic E-state index is 0.125. The molecular weight excluding hydrogens is 300 g/mol. The first-order chi connectivity index (χ1) is 11.6. The number of rotatable bonds is 4. The molecule has 2 aromatic rings. The lowest BCUT2D eigenvalue weighted by molar-refractivity contribution is 0.0703. The van der Waals surface area contributed by atoms with Gasteiger partial charge in [-0.25, -0.2) is 4.98 Å². The molecular formula is C19H26N4O. The van der Waals surface area contributed by atoms with Crippen molar-refractivity contribution in [3.63, 3.8) is 0 Å². The Kier molecular flexibility index (Phi) is 4.88. The minimum absolute atomic E-state index is 0.125. The molecule has 128 valence electrons. The molecule has 1 atom stereocenters. The molecule has 24 heavy (non-hydrogen) atoms. The fraction of sp³-hybridized carbons (Fsp3) is 0.474. The van der Waals surface area contributed by atoms with Crippen LogP contribution in [0, 0.1) is 0 Å². The van der Waals surface area contributed by atoms with Crippen LogP contribution in [0.3, 0.4) is 0 Å². The van der Waals surface area contributed by atoms with Crippen LogP contribution in [0.4, 0.5) is 5.69 Å². The van der Waals surface area contributed by atoms with E-state index in [0.717, 1.165) is 49.6 Å². The predicted molar refractivity (Wildman–Crippen MR) is 96.5 cm³/mol. The van der Waals surface area contributed by atoms with Gasteiger partial charge in [0.2, 0.25) is 0 Å². The van der Waals surface area contributed by atoms with Gasteiger partial charge in [-0.3, -0.25) is 4.79 Å². The number of imidazole rings is 1. The van der Waals surface area contributed by atoms with Crippen LogP contribution in [-0.4, -0.2) is 47.5 Å². The van der Waals surface area contributed by atoms with Crippen molar-refractivity contribution in [2.75, 3.05) is 32.1 Å². The number of nitrogens with zero attached hydrogens (tertiary/aromatic N) is 4. The Morgan fingerprint density at radius 3 is 2.71 bits per heavy atom. The van der Waals surface area contributed by atoms with Crippen molar-refractivity contribution in [3.8, 4) is 0 Å². The molecule has 1 amide bonds. The number of anilines is 1. The number of carbonyl (C=O) groups is 1. The summed E-state index contributed by atoms with van der Waals surface area (Å²) in [6.07, 6.45) is 6.01. The molecule has 0 radical (unpaired) electrons. The molecule has 1 fully saturated rings. The van der Waals surface area contributed by atoms with Gasteiger partial charge in [0.15, 0.2) is 0 Å². The Hall–Kier alpha value is -2.30. The summed E-state index contributed by atoms with van der Waals surface area (Å²) in [6, 6.07) is 7.85. The van der Waals surface area contributed by atoms with Crippen molar-refractivity contribution in [1.82, 2.24) is 14.5 Å². The van der Waals surface area contributed by atoms with Gasteiger partial charge in [0.05, 0.1) is 0 Å². The van der Waals surface area contributed by atoms with Crippen LogP contribution in [0.1, 0.15) is 41.9 Å². The van der Waals surface area contributed by atoms with Crippen molar-refractivity contribution in [3.05, 3.63) is 48.0 Å². The van der Waals surface area contributed by atoms with Gasteiger partial charge < -0.3 is 14.4 Å². The van der Waals surface area contributed by atoms with Crippen LogP contribution < -0.4 is 4.90 Å². The minimum Gasteiger partial charge on any atom is -0.378 e. The number of hydrogen-bond acceptors (Lipinski definition) is 3. The zero-order chi connectivity index (χ0) is 17.1. The van der Waals surface area contributed by atoms with Crippen molar-refractivity contribution in [1.29, 1.82) is 0 Å². The van der Waals surface area contributed by atoms with E-state index in [-0.39, 0.29) is 5.91 Å². The standard InChI is InChI=1S/C19H26N4O/c1-4-22-13-11-20-18(22)16-6-5-12-23(14-16)19(24)15-7-9-17(10-8-15)21(2)3/h7-11,13,16H,4-6,12,14H2,1-3H3/t16-/m1/s1. The first-order valence-electron chi connectivity index (χ1n) is 8.68. The normalized spacial score (nSPS) is 17.8. The first-order valence-corrected chi connectivity index (χ1v) is 8.68. The summed E-state index contributed by atoms with van der Waals surface area (Å²) in [4.78, 5) is 21.4. The predicted octanol–water partition coefficient (Wildman–Crippen LogP) is 2.99. The molecule has 0 saturated carbocycles. The summed E-state index contributed by atoms with van der Waals surface area (Å²) in [6.45, 7) is 4.64. The van der Waals surface area contributed by atoms with Crippen molar-refractivity contribution < 1.29 is 4.79 Å². The van der Waals surface area contributed by atoms with E-state index in [1.165, 1.54) is 0 Å². The van der Waals surface area contributed by atoms with E-state index in [2.05, 4.69) is 16.5 Å². The smallest absolute Gasteiger partial charge is 0.253 e. The molecule has 5 nitrogen and oxygen atoms in total. The molecule has 0 bridgehead atoms. The van der Waals surface area contributed by atoms with Crippen molar-refractivity contribution in [2.24, 2.45) is 0 Å². The topological polar surface area (TPSA) is 41.4 Å². The van der Waals surface area contributed by atoms with Crippen LogP contribution in [0.25, 0.3) is 0 Å². The number of likely N-dealkylation sites (tertiary alicyclic amines) is 1. The lowest BCUT2D eigenvalue weighted by Gasteiger charge is -2.32. The van der Waals surface area contributed by atoms with E-state index < -0.39 is 0 Å². The van der Waals surface area contributed by atoms with Gasteiger partial charge in [0.1, 0.15) is 5.82 Å². The Bertz CT molecular complexity index is 690. The molecule has 1 aromatic carbocycles. The highest BCUT2D eigenvalue weighted by atomic mass is 16.2. The fourth-order valence-electron chi connectivity index (χ4n) is 3.41. The van der Waals surface area contributed by atoms with Crippen LogP contribution in [0.15, 0.2) is 36.7 Å². The van der Waals surface area contributed by atoms with Gasteiger partial charge in [0.25, 0.3) is 5.91 Å². The molecule has 1 aromatic heterocycles. The van der Waals surface area contributed by atoms with Crippen molar-refractivity contribution in [2.45, 2.75) is 32.2 Å². The van der Waals surface area contributed by atoms with Crippen LogP contribution in [0.5, 0.6) is 0 Å². The van der Waals surface area contributed by atoms with E-state index in [0.29, 0.717) is 5.92 Å². The third kappa shape index (κ3) is 3.30.